The van der Waals surface area contributed by atoms with Crippen molar-refractivity contribution in [1.82, 2.24) is 5.32 Å². The number of hydrogen-bond donors (Lipinski definition) is 3. The molecule has 1 unspecified atom stereocenters. The first kappa shape index (κ1) is 14.8. The van der Waals surface area contributed by atoms with Gasteiger partial charge < -0.3 is 15.5 Å². The SMILES string of the molecule is CC(NCc1cccc([N+](=O)[O-])c1)c1ccc(O)cc1O. The summed E-state index contributed by atoms with van der Waals surface area (Å²) >= 11 is 0. The molecule has 2 aromatic rings. The number of phenols is 2. The van der Waals surface area contributed by atoms with E-state index in [-0.39, 0.29) is 23.2 Å². The number of non-ortho nitro benzene ring substituents is 1. The van der Waals surface area contributed by atoms with Gasteiger partial charge in [-0.05, 0) is 18.6 Å². The number of aromatic hydroxyl groups is 2. The third-order valence-electron chi connectivity index (χ3n) is 3.21. The average molecular weight is 288 g/mol. The summed E-state index contributed by atoms with van der Waals surface area (Å²) in [6.07, 6.45) is 0. The second kappa shape index (κ2) is 6.23. The van der Waals surface area contributed by atoms with Crippen molar-refractivity contribution in [2.24, 2.45) is 0 Å². The van der Waals surface area contributed by atoms with Crippen LogP contribution in [0.2, 0.25) is 0 Å². The Hall–Kier alpha value is -2.60. The first-order chi connectivity index (χ1) is 9.97. The Balaban J connectivity index is 2.05. The summed E-state index contributed by atoms with van der Waals surface area (Å²) in [4.78, 5) is 10.3. The van der Waals surface area contributed by atoms with Crippen LogP contribution >= 0.6 is 0 Å². The fourth-order valence-corrected chi connectivity index (χ4v) is 2.06. The molecule has 0 aromatic heterocycles. The smallest absolute Gasteiger partial charge is 0.269 e. The van der Waals surface area contributed by atoms with Crippen molar-refractivity contribution in [3.8, 4) is 11.5 Å². The monoisotopic (exact) mass is 288 g/mol. The van der Waals surface area contributed by atoms with E-state index in [4.69, 9.17) is 0 Å². The van der Waals surface area contributed by atoms with Gasteiger partial charge in [-0.15, -0.1) is 0 Å². The van der Waals surface area contributed by atoms with Crippen LogP contribution < -0.4 is 5.32 Å². The molecular formula is C15H16N2O4. The molecule has 0 bridgehead atoms. The van der Waals surface area contributed by atoms with Crippen LogP contribution in [0, 0.1) is 10.1 Å². The average Bonchev–Trinajstić information content (AvgIpc) is 2.45. The maximum atomic E-state index is 10.7. The molecule has 3 N–H and O–H groups in total. The normalized spacial score (nSPS) is 12.0. The zero-order valence-electron chi connectivity index (χ0n) is 11.5. The van der Waals surface area contributed by atoms with Crippen molar-refractivity contribution in [2.75, 3.05) is 0 Å². The lowest BCUT2D eigenvalue weighted by Gasteiger charge is -2.15. The van der Waals surface area contributed by atoms with Gasteiger partial charge in [-0.2, -0.15) is 0 Å². The number of rotatable bonds is 5. The minimum absolute atomic E-state index is 0.00198. The summed E-state index contributed by atoms with van der Waals surface area (Å²) < 4.78 is 0. The number of hydrogen-bond acceptors (Lipinski definition) is 5. The third kappa shape index (κ3) is 3.70. The summed E-state index contributed by atoms with van der Waals surface area (Å²) in [5.41, 5.74) is 1.49. The summed E-state index contributed by atoms with van der Waals surface area (Å²) in [5, 5.41) is 32.9. The van der Waals surface area contributed by atoms with E-state index < -0.39 is 4.92 Å². The molecule has 6 nitrogen and oxygen atoms in total. The number of nitro benzene ring substituents is 1. The van der Waals surface area contributed by atoms with E-state index in [1.165, 1.54) is 24.3 Å². The lowest BCUT2D eigenvalue weighted by Crippen LogP contribution is -2.18. The molecule has 1 atom stereocenters. The molecule has 0 saturated heterocycles. The van der Waals surface area contributed by atoms with E-state index in [0.29, 0.717) is 12.1 Å². The molecule has 0 aliphatic carbocycles. The van der Waals surface area contributed by atoms with Crippen molar-refractivity contribution in [2.45, 2.75) is 19.5 Å². The van der Waals surface area contributed by atoms with Gasteiger partial charge in [0.2, 0.25) is 0 Å². The van der Waals surface area contributed by atoms with Crippen LogP contribution in [0.25, 0.3) is 0 Å². The van der Waals surface area contributed by atoms with Gasteiger partial charge in [0.15, 0.2) is 0 Å². The van der Waals surface area contributed by atoms with E-state index in [9.17, 15) is 20.3 Å². The Morgan fingerprint density at radius 3 is 2.67 bits per heavy atom. The molecule has 0 fully saturated rings. The molecule has 0 amide bonds. The van der Waals surface area contributed by atoms with E-state index in [1.54, 1.807) is 18.2 Å². The molecule has 21 heavy (non-hydrogen) atoms. The minimum atomic E-state index is -0.432. The molecule has 0 heterocycles. The van der Waals surface area contributed by atoms with Crippen LogP contribution in [0.1, 0.15) is 24.1 Å². The Morgan fingerprint density at radius 2 is 2.00 bits per heavy atom. The van der Waals surface area contributed by atoms with Crippen LogP contribution in [0.4, 0.5) is 5.69 Å². The van der Waals surface area contributed by atoms with E-state index in [2.05, 4.69) is 5.32 Å². The number of nitrogens with one attached hydrogen (secondary N) is 1. The molecule has 6 heteroatoms. The van der Waals surface area contributed by atoms with Crippen molar-refractivity contribution in [3.05, 3.63) is 63.7 Å². The van der Waals surface area contributed by atoms with Crippen LogP contribution in [0.15, 0.2) is 42.5 Å². The van der Waals surface area contributed by atoms with Gasteiger partial charge in [0.25, 0.3) is 5.69 Å². The van der Waals surface area contributed by atoms with Crippen LogP contribution in [0.3, 0.4) is 0 Å². The summed E-state index contributed by atoms with van der Waals surface area (Å²) in [6, 6.07) is 10.6. The van der Waals surface area contributed by atoms with E-state index in [1.807, 2.05) is 6.92 Å². The molecular weight excluding hydrogens is 272 g/mol. The molecule has 0 aliphatic heterocycles. The molecule has 110 valence electrons. The number of phenolic OH excluding ortho intramolecular Hbond substituents is 2. The van der Waals surface area contributed by atoms with Crippen molar-refractivity contribution in [3.63, 3.8) is 0 Å². The van der Waals surface area contributed by atoms with Crippen LogP contribution in [-0.4, -0.2) is 15.1 Å². The highest BCUT2D eigenvalue weighted by molar-refractivity contribution is 5.40. The van der Waals surface area contributed by atoms with Gasteiger partial charge in [0.05, 0.1) is 4.92 Å². The Morgan fingerprint density at radius 1 is 1.24 bits per heavy atom. The summed E-state index contributed by atoms with van der Waals surface area (Å²) in [7, 11) is 0. The maximum absolute atomic E-state index is 10.7. The Bertz CT molecular complexity index is 658. The van der Waals surface area contributed by atoms with Crippen molar-refractivity contribution >= 4 is 5.69 Å². The first-order valence-corrected chi connectivity index (χ1v) is 6.46. The highest BCUT2D eigenvalue weighted by atomic mass is 16.6. The standard InChI is InChI=1S/C15H16N2O4/c1-10(14-6-5-13(18)8-15(14)19)16-9-11-3-2-4-12(7-11)17(20)21/h2-8,10,16,18-19H,9H2,1H3. The quantitative estimate of drug-likeness (QED) is 0.580. The van der Waals surface area contributed by atoms with Gasteiger partial charge >= 0.3 is 0 Å². The third-order valence-corrected chi connectivity index (χ3v) is 3.21. The minimum Gasteiger partial charge on any atom is -0.508 e. The number of benzene rings is 2. The van der Waals surface area contributed by atoms with Gasteiger partial charge in [0, 0.05) is 36.3 Å². The number of nitrogens with zero attached hydrogens (tertiary/aromatic N) is 1. The molecule has 0 radical (unpaired) electrons. The van der Waals surface area contributed by atoms with E-state index in [0.717, 1.165) is 5.56 Å². The van der Waals surface area contributed by atoms with Crippen molar-refractivity contribution < 1.29 is 15.1 Å². The maximum Gasteiger partial charge on any atom is 0.269 e. The lowest BCUT2D eigenvalue weighted by atomic mass is 10.1. The Kier molecular flexibility index (Phi) is 4.39. The van der Waals surface area contributed by atoms with Gasteiger partial charge in [-0.3, -0.25) is 10.1 Å². The van der Waals surface area contributed by atoms with Crippen LogP contribution in [-0.2, 0) is 6.54 Å². The molecule has 2 rings (SSSR count). The molecule has 0 spiro atoms. The summed E-state index contributed by atoms with van der Waals surface area (Å²) in [6.45, 7) is 2.30. The number of nitro groups is 1. The van der Waals surface area contributed by atoms with E-state index >= 15 is 0 Å². The summed E-state index contributed by atoms with van der Waals surface area (Å²) in [5.74, 6) is 0.0103. The van der Waals surface area contributed by atoms with Gasteiger partial charge in [0.1, 0.15) is 11.5 Å². The van der Waals surface area contributed by atoms with Gasteiger partial charge in [-0.25, -0.2) is 0 Å². The predicted molar refractivity (Wildman–Crippen MR) is 78.1 cm³/mol. The molecule has 2 aromatic carbocycles. The van der Waals surface area contributed by atoms with Crippen LogP contribution in [0.5, 0.6) is 11.5 Å². The lowest BCUT2D eigenvalue weighted by molar-refractivity contribution is -0.384. The topological polar surface area (TPSA) is 95.6 Å². The second-order valence-corrected chi connectivity index (χ2v) is 4.77. The largest absolute Gasteiger partial charge is 0.508 e. The fraction of sp³-hybridized carbons (Fsp3) is 0.200. The molecule has 0 saturated carbocycles. The fourth-order valence-electron chi connectivity index (χ4n) is 2.06. The zero-order valence-corrected chi connectivity index (χ0v) is 11.5. The first-order valence-electron chi connectivity index (χ1n) is 6.46. The van der Waals surface area contributed by atoms with Gasteiger partial charge in [-0.1, -0.05) is 18.2 Å². The second-order valence-electron chi connectivity index (χ2n) is 4.77. The predicted octanol–water partition coefficient (Wildman–Crippen LogP) is 2.86. The highest BCUT2D eigenvalue weighted by Gasteiger charge is 2.11. The highest BCUT2D eigenvalue weighted by Crippen LogP contribution is 2.28. The Labute approximate surface area is 121 Å². The van der Waals surface area contributed by atoms with Crippen molar-refractivity contribution in [1.29, 1.82) is 0 Å². The molecule has 0 aliphatic rings. The zero-order chi connectivity index (χ0) is 15.4.